The smallest absolute Gasteiger partial charge is 0.324 e. The van der Waals surface area contributed by atoms with Crippen molar-refractivity contribution < 1.29 is 14.4 Å². The lowest BCUT2D eigenvalue weighted by Gasteiger charge is -2.19. The van der Waals surface area contributed by atoms with E-state index in [0.717, 1.165) is 10.5 Å². The summed E-state index contributed by atoms with van der Waals surface area (Å²) in [7, 11) is 0. The van der Waals surface area contributed by atoms with Crippen molar-refractivity contribution in [3.05, 3.63) is 59.1 Å². The first-order chi connectivity index (χ1) is 12.4. The average Bonchev–Trinajstić information content (AvgIpc) is 2.82. The van der Waals surface area contributed by atoms with Crippen LogP contribution in [0.2, 0.25) is 5.02 Å². The van der Waals surface area contributed by atoms with Crippen molar-refractivity contribution >= 4 is 40.8 Å². The van der Waals surface area contributed by atoms with Crippen LogP contribution in [0.4, 0.5) is 16.2 Å². The third-order valence-electron chi connectivity index (χ3n) is 4.27. The van der Waals surface area contributed by atoms with Crippen molar-refractivity contribution in [2.75, 3.05) is 16.8 Å². The molecule has 6 nitrogen and oxygen atoms in total. The lowest BCUT2D eigenvalue weighted by atomic mass is 10.2. The van der Waals surface area contributed by atoms with Crippen LogP contribution < -0.4 is 10.2 Å². The molecule has 0 saturated carbocycles. The van der Waals surface area contributed by atoms with E-state index in [4.69, 9.17) is 11.6 Å². The standard InChI is InChI=1S/C19H18ClN3O3/c1-12-5-3-4-6-16(12)21-17(24)11-22-18(25)13(2)23(19(22)26)15-9-7-14(20)8-10-15/h3-10,13H,11H2,1-2H3,(H,21,24)/t13-/m0/s1. The zero-order valence-corrected chi connectivity index (χ0v) is 15.2. The SMILES string of the molecule is Cc1ccccc1NC(=O)CN1C(=O)[C@H](C)N(c2ccc(Cl)cc2)C1=O. The summed E-state index contributed by atoms with van der Waals surface area (Å²) < 4.78 is 0. The molecule has 0 unspecified atom stereocenters. The third-order valence-corrected chi connectivity index (χ3v) is 4.53. The minimum atomic E-state index is -0.685. The lowest BCUT2D eigenvalue weighted by Crippen LogP contribution is -2.39. The van der Waals surface area contributed by atoms with Crippen LogP contribution in [-0.4, -0.2) is 35.3 Å². The van der Waals surface area contributed by atoms with Crippen LogP contribution >= 0.6 is 11.6 Å². The van der Waals surface area contributed by atoms with E-state index in [9.17, 15) is 14.4 Å². The molecule has 0 aliphatic carbocycles. The van der Waals surface area contributed by atoms with Crippen molar-refractivity contribution in [1.82, 2.24) is 4.90 Å². The Morgan fingerprint density at radius 3 is 2.42 bits per heavy atom. The van der Waals surface area contributed by atoms with Crippen LogP contribution in [0.1, 0.15) is 12.5 Å². The maximum Gasteiger partial charge on any atom is 0.332 e. The number of rotatable bonds is 4. The molecule has 3 rings (SSSR count). The number of imide groups is 1. The molecule has 1 fully saturated rings. The summed E-state index contributed by atoms with van der Waals surface area (Å²) in [4.78, 5) is 39.8. The second-order valence-electron chi connectivity index (χ2n) is 6.09. The van der Waals surface area contributed by atoms with Crippen molar-refractivity contribution in [2.24, 2.45) is 0 Å². The fourth-order valence-corrected chi connectivity index (χ4v) is 2.98. The van der Waals surface area contributed by atoms with Crippen molar-refractivity contribution in [2.45, 2.75) is 19.9 Å². The van der Waals surface area contributed by atoms with Gasteiger partial charge in [-0.05, 0) is 49.7 Å². The molecule has 0 spiro atoms. The molecule has 7 heteroatoms. The highest BCUT2D eigenvalue weighted by molar-refractivity contribution is 6.30. The molecule has 1 aliphatic heterocycles. The number of hydrogen-bond donors (Lipinski definition) is 1. The van der Waals surface area contributed by atoms with E-state index >= 15 is 0 Å². The van der Waals surface area contributed by atoms with Gasteiger partial charge in [-0.3, -0.25) is 19.4 Å². The molecule has 1 aliphatic rings. The Labute approximate surface area is 156 Å². The molecule has 2 aromatic carbocycles. The molecule has 0 aromatic heterocycles. The highest BCUT2D eigenvalue weighted by atomic mass is 35.5. The number of anilines is 2. The average molecular weight is 372 g/mol. The fraction of sp³-hybridized carbons (Fsp3) is 0.211. The first kappa shape index (κ1) is 17.9. The molecule has 134 valence electrons. The fourth-order valence-electron chi connectivity index (χ4n) is 2.85. The maximum absolute atomic E-state index is 12.7. The van der Waals surface area contributed by atoms with Gasteiger partial charge in [0.25, 0.3) is 5.91 Å². The molecule has 26 heavy (non-hydrogen) atoms. The lowest BCUT2D eigenvalue weighted by molar-refractivity contribution is -0.130. The Balaban J connectivity index is 1.75. The van der Waals surface area contributed by atoms with Crippen LogP contribution in [0, 0.1) is 6.92 Å². The number of halogens is 1. The zero-order chi connectivity index (χ0) is 18.8. The van der Waals surface area contributed by atoms with Gasteiger partial charge in [0.2, 0.25) is 5.91 Å². The maximum atomic E-state index is 12.7. The Morgan fingerprint density at radius 1 is 1.12 bits per heavy atom. The first-order valence-electron chi connectivity index (χ1n) is 8.14. The molecule has 2 aromatic rings. The predicted molar refractivity (Wildman–Crippen MR) is 100 cm³/mol. The number of amides is 4. The van der Waals surface area contributed by atoms with E-state index in [0.29, 0.717) is 16.4 Å². The van der Waals surface area contributed by atoms with Gasteiger partial charge in [-0.25, -0.2) is 4.79 Å². The van der Waals surface area contributed by atoms with Gasteiger partial charge in [0.05, 0.1) is 0 Å². The van der Waals surface area contributed by atoms with Crippen molar-refractivity contribution in [3.8, 4) is 0 Å². The van der Waals surface area contributed by atoms with E-state index in [-0.39, 0.29) is 6.54 Å². The van der Waals surface area contributed by atoms with Gasteiger partial charge < -0.3 is 5.32 Å². The summed E-state index contributed by atoms with van der Waals surface area (Å²) in [6.07, 6.45) is 0. The molecule has 0 radical (unpaired) electrons. The molecule has 1 saturated heterocycles. The Kier molecular flexibility index (Phi) is 4.95. The van der Waals surface area contributed by atoms with Gasteiger partial charge in [0, 0.05) is 16.4 Å². The van der Waals surface area contributed by atoms with Gasteiger partial charge in [0.1, 0.15) is 12.6 Å². The summed E-state index contributed by atoms with van der Waals surface area (Å²) in [6.45, 7) is 3.17. The van der Waals surface area contributed by atoms with Crippen LogP contribution in [0.5, 0.6) is 0 Å². The second kappa shape index (κ2) is 7.17. The summed E-state index contributed by atoms with van der Waals surface area (Å²) in [6, 6.07) is 12.7. The Bertz CT molecular complexity index is 867. The number of carbonyl (C=O) groups is 3. The molecule has 1 atom stereocenters. The van der Waals surface area contributed by atoms with Crippen LogP contribution in [0.25, 0.3) is 0 Å². The van der Waals surface area contributed by atoms with Gasteiger partial charge in [-0.15, -0.1) is 0 Å². The normalized spacial score (nSPS) is 17.0. The summed E-state index contributed by atoms with van der Waals surface area (Å²) >= 11 is 5.87. The number of urea groups is 1. The van der Waals surface area contributed by atoms with Crippen LogP contribution in [0.15, 0.2) is 48.5 Å². The number of carbonyl (C=O) groups excluding carboxylic acids is 3. The van der Waals surface area contributed by atoms with E-state index in [1.54, 1.807) is 43.3 Å². The number of benzene rings is 2. The van der Waals surface area contributed by atoms with Crippen molar-refractivity contribution in [1.29, 1.82) is 0 Å². The number of nitrogens with zero attached hydrogens (tertiary/aromatic N) is 2. The Morgan fingerprint density at radius 2 is 1.77 bits per heavy atom. The molecule has 4 amide bonds. The van der Waals surface area contributed by atoms with E-state index < -0.39 is 23.9 Å². The highest BCUT2D eigenvalue weighted by Crippen LogP contribution is 2.27. The first-order valence-corrected chi connectivity index (χ1v) is 8.52. The summed E-state index contributed by atoms with van der Waals surface area (Å²) in [5.74, 6) is -0.837. The largest absolute Gasteiger partial charge is 0.332 e. The number of para-hydroxylation sites is 1. The van der Waals surface area contributed by atoms with Gasteiger partial charge in [-0.2, -0.15) is 0 Å². The number of hydrogen-bond acceptors (Lipinski definition) is 3. The molecular formula is C19H18ClN3O3. The number of aryl methyl sites for hydroxylation is 1. The van der Waals surface area contributed by atoms with Gasteiger partial charge >= 0.3 is 6.03 Å². The minimum absolute atomic E-state index is 0.333. The van der Waals surface area contributed by atoms with Crippen LogP contribution in [0.3, 0.4) is 0 Å². The zero-order valence-electron chi connectivity index (χ0n) is 14.4. The van der Waals surface area contributed by atoms with E-state index in [2.05, 4.69) is 5.32 Å². The van der Waals surface area contributed by atoms with Crippen LogP contribution in [-0.2, 0) is 9.59 Å². The van der Waals surface area contributed by atoms with E-state index in [1.165, 1.54) is 4.90 Å². The number of nitrogens with one attached hydrogen (secondary N) is 1. The van der Waals surface area contributed by atoms with Gasteiger partial charge in [0.15, 0.2) is 0 Å². The molecule has 1 N–H and O–H groups in total. The second-order valence-corrected chi connectivity index (χ2v) is 6.53. The molecule has 1 heterocycles. The third kappa shape index (κ3) is 3.41. The predicted octanol–water partition coefficient (Wildman–Crippen LogP) is 3.44. The highest BCUT2D eigenvalue weighted by Gasteiger charge is 2.44. The van der Waals surface area contributed by atoms with E-state index in [1.807, 2.05) is 19.1 Å². The van der Waals surface area contributed by atoms with Crippen molar-refractivity contribution in [3.63, 3.8) is 0 Å². The quantitative estimate of drug-likeness (QED) is 0.837. The molecular weight excluding hydrogens is 354 g/mol. The monoisotopic (exact) mass is 371 g/mol. The molecule has 0 bridgehead atoms. The minimum Gasteiger partial charge on any atom is -0.324 e. The van der Waals surface area contributed by atoms with Gasteiger partial charge in [-0.1, -0.05) is 29.8 Å². The summed E-state index contributed by atoms with van der Waals surface area (Å²) in [5.41, 5.74) is 2.11. The topological polar surface area (TPSA) is 69.7 Å². The Hall–Kier alpha value is -2.86. The summed E-state index contributed by atoms with van der Waals surface area (Å²) in [5, 5.41) is 3.27.